The Morgan fingerprint density at radius 2 is 1.56 bits per heavy atom. The van der Waals surface area contributed by atoms with Gasteiger partial charge in [-0.25, -0.2) is 4.39 Å². The first kappa shape index (κ1) is 40.3. The molecule has 13 nitrogen and oxygen atoms in total. The Labute approximate surface area is 347 Å². The Morgan fingerprint density at radius 3 is 2.19 bits per heavy atom. The highest BCUT2D eigenvalue weighted by molar-refractivity contribution is 6.31. The lowest BCUT2D eigenvalue weighted by molar-refractivity contribution is -0.164. The number of nitrogens with zero attached hydrogens (tertiary/aromatic N) is 5. The lowest BCUT2D eigenvalue weighted by Gasteiger charge is -2.63. The summed E-state index contributed by atoms with van der Waals surface area (Å²) in [6, 6.07) is 16.8. The number of piperazine rings is 1. The Bertz CT molecular complexity index is 2260. The summed E-state index contributed by atoms with van der Waals surface area (Å²) in [6.45, 7) is 12.8. The van der Waals surface area contributed by atoms with E-state index in [9.17, 15) is 29.2 Å². The van der Waals surface area contributed by atoms with Crippen molar-refractivity contribution in [1.29, 1.82) is 5.26 Å². The fourth-order valence-corrected chi connectivity index (χ4v) is 10.4. The Kier molecular flexibility index (Phi) is 10.4. The first-order valence-electron chi connectivity index (χ1n) is 20.2. The second-order valence-corrected chi connectivity index (χ2v) is 17.8. The van der Waals surface area contributed by atoms with Gasteiger partial charge in [-0.1, -0.05) is 39.3 Å². The minimum atomic E-state index is -1.15. The van der Waals surface area contributed by atoms with Crippen LogP contribution in [0.15, 0.2) is 54.6 Å². The third-order valence-corrected chi connectivity index (χ3v) is 13.4. The SMILES string of the molecule is CC1(C)[C@H](NC(=O)c2ccc(N3CCN(C4CCN(c5ccc6c(c5F)C(=O)N(C5CCC(=O)NC5=O)C6=O)CC4)CC3)cc2)C(C)(C)[C@H]1Oc1ccc(C#N)c(Cl)c1. The number of benzene rings is 3. The monoisotopic (exact) mass is 823 g/mol. The van der Waals surface area contributed by atoms with Crippen LogP contribution in [0.4, 0.5) is 15.8 Å². The van der Waals surface area contributed by atoms with Gasteiger partial charge in [-0.2, -0.15) is 5.26 Å². The van der Waals surface area contributed by atoms with Crippen LogP contribution in [0, 0.1) is 28.0 Å². The van der Waals surface area contributed by atoms with Crippen molar-refractivity contribution < 1.29 is 33.1 Å². The van der Waals surface area contributed by atoms with E-state index in [1.54, 1.807) is 24.3 Å². The van der Waals surface area contributed by atoms with Crippen molar-refractivity contribution >= 4 is 52.5 Å². The maximum atomic E-state index is 16.0. The number of rotatable bonds is 8. The molecule has 15 heteroatoms. The molecule has 59 heavy (non-hydrogen) atoms. The number of halogens is 2. The molecule has 4 fully saturated rings. The summed E-state index contributed by atoms with van der Waals surface area (Å²) in [7, 11) is 0. The first-order valence-corrected chi connectivity index (χ1v) is 20.5. The van der Waals surface area contributed by atoms with Crippen LogP contribution in [0.2, 0.25) is 5.02 Å². The van der Waals surface area contributed by atoms with E-state index >= 15 is 4.39 Å². The predicted molar refractivity (Wildman–Crippen MR) is 218 cm³/mol. The average Bonchev–Trinajstić information content (AvgIpc) is 3.48. The molecule has 1 aliphatic carbocycles. The number of amides is 5. The van der Waals surface area contributed by atoms with Crippen LogP contribution in [0.5, 0.6) is 5.75 Å². The van der Waals surface area contributed by atoms with Gasteiger partial charge in [-0.15, -0.1) is 0 Å². The number of hydrogen-bond acceptors (Lipinski definition) is 10. The highest BCUT2D eigenvalue weighted by Crippen LogP contribution is 2.55. The van der Waals surface area contributed by atoms with Gasteiger partial charge in [-0.05, 0) is 67.8 Å². The van der Waals surface area contributed by atoms with E-state index in [1.807, 2.05) is 29.2 Å². The van der Waals surface area contributed by atoms with Crippen molar-refractivity contribution in [1.82, 2.24) is 20.4 Å². The molecule has 1 atom stereocenters. The number of nitrogens with one attached hydrogen (secondary N) is 2. The molecule has 3 aromatic carbocycles. The van der Waals surface area contributed by atoms with Crippen LogP contribution < -0.4 is 25.2 Å². The van der Waals surface area contributed by atoms with E-state index in [-0.39, 0.29) is 58.5 Å². The number of anilines is 2. The van der Waals surface area contributed by atoms with Gasteiger partial charge in [-0.3, -0.25) is 39.1 Å². The quantitative estimate of drug-likeness (QED) is 0.292. The van der Waals surface area contributed by atoms with E-state index in [0.29, 0.717) is 41.0 Å². The maximum absolute atomic E-state index is 16.0. The minimum absolute atomic E-state index is 0.00688. The summed E-state index contributed by atoms with van der Waals surface area (Å²) in [5.41, 5.74) is 1.14. The lowest BCUT2D eigenvalue weighted by Crippen LogP contribution is -2.74. The molecule has 5 aliphatic rings. The van der Waals surface area contributed by atoms with E-state index < -0.39 is 35.5 Å². The number of carbonyl (C=O) groups is 5. The number of carbonyl (C=O) groups excluding carboxylic acids is 5. The van der Waals surface area contributed by atoms with Crippen LogP contribution in [0.1, 0.15) is 90.0 Å². The Morgan fingerprint density at radius 1 is 0.881 bits per heavy atom. The number of piperidine rings is 2. The molecule has 1 saturated carbocycles. The first-order chi connectivity index (χ1) is 28.1. The molecule has 3 aromatic rings. The lowest BCUT2D eigenvalue weighted by atomic mass is 9.49. The minimum Gasteiger partial charge on any atom is -0.489 e. The fourth-order valence-electron chi connectivity index (χ4n) is 10.2. The number of nitriles is 1. The van der Waals surface area contributed by atoms with Crippen molar-refractivity contribution in [2.75, 3.05) is 49.1 Å². The van der Waals surface area contributed by atoms with Crippen molar-refractivity contribution in [2.45, 2.75) is 77.6 Å². The van der Waals surface area contributed by atoms with E-state index in [4.69, 9.17) is 16.3 Å². The van der Waals surface area contributed by atoms with Gasteiger partial charge in [0.2, 0.25) is 11.8 Å². The summed E-state index contributed by atoms with van der Waals surface area (Å²) >= 11 is 6.25. The summed E-state index contributed by atoms with van der Waals surface area (Å²) < 4.78 is 22.4. The van der Waals surface area contributed by atoms with Crippen molar-refractivity contribution in [3.63, 3.8) is 0 Å². The van der Waals surface area contributed by atoms with Gasteiger partial charge in [0.05, 0.1) is 27.4 Å². The van der Waals surface area contributed by atoms with Crippen LogP contribution in [-0.4, -0.2) is 103 Å². The van der Waals surface area contributed by atoms with Gasteiger partial charge in [0.1, 0.15) is 24.0 Å². The fraction of sp³-hybridized carbons (Fsp3) is 0.455. The molecule has 0 spiro atoms. The number of imide groups is 2. The molecule has 5 amide bonds. The highest BCUT2D eigenvalue weighted by atomic mass is 35.5. The number of ether oxygens (including phenoxy) is 1. The van der Waals surface area contributed by atoms with Crippen LogP contribution in [-0.2, 0) is 9.59 Å². The molecule has 0 bridgehead atoms. The van der Waals surface area contributed by atoms with Gasteiger partial charge >= 0.3 is 0 Å². The van der Waals surface area contributed by atoms with Gasteiger partial charge in [0.25, 0.3) is 17.7 Å². The van der Waals surface area contributed by atoms with Crippen LogP contribution in [0.25, 0.3) is 0 Å². The molecule has 0 aromatic heterocycles. The van der Waals surface area contributed by atoms with Gasteiger partial charge in [0, 0.05) is 85.9 Å². The number of hydrogen-bond donors (Lipinski definition) is 2. The van der Waals surface area contributed by atoms with Crippen LogP contribution >= 0.6 is 11.6 Å². The van der Waals surface area contributed by atoms with Crippen molar-refractivity contribution in [3.05, 3.63) is 87.7 Å². The zero-order valence-corrected chi connectivity index (χ0v) is 34.3. The second kappa shape index (κ2) is 15.3. The maximum Gasteiger partial charge on any atom is 0.265 e. The average molecular weight is 824 g/mol. The zero-order chi connectivity index (χ0) is 42.0. The van der Waals surface area contributed by atoms with Crippen molar-refractivity contribution in [2.24, 2.45) is 10.8 Å². The smallest absolute Gasteiger partial charge is 0.265 e. The van der Waals surface area contributed by atoms with E-state index in [2.05, 4.69) is 54.2 Å². The largest absolute Gasteiger partial charge is 0.489 e. The van der Waals surface area contributed by atoms with Gasteiger partial charge < -0.3 is 19.9 Å². The predicted octanol–water partition coefficient (Wildman–Crippen LogP) is 5.15. The molecule has 3 saturated heterocycles. The highest BCUT2D eigenvalue weighted by Gasteiger charge is 2.64. The molecule has 1 unspecified atom stereocenters. The molecule has 4 heterocycles. The second-order valence-electron chi connectivity index (χ2n) is 17.4. The molecular formula is C44H47ClFN7O6. The summed E-state index contributed by atoms with van der Waals surface area (Å²) in [5.74, 6) is -3.09. The molecule has 4 aliphatic heterocycles. The summed E-state index contributed by atoms with van der Waals surface area (Å²) in [4.78, 5) is 71.5. The third-order valence-electron chi connectivity index (χ3n) is 13.1. The van der Waals surface area contributed by atoms with Gasteiger partial charge in [0.15, 0.2) is 5.82 Å². The standard InChI is InChI=1S/C44H47ClFN7O6/c1-43(2)41(44(3,4)42(43)59-29-10-7-26(24-47)31(45)23-29)49-37(55)25-5-8-27(9-6-25)50-19-21-51(22-20-50)28-15-17-52(18-16-28)32-12-11-30-35(36(32)46)40(58)53(39(30)57)33-13-14-34(54)48-38(33)56/h5-12,23,28,33,41-42H,13-22H2,1-4H3,(H,49,55)(H,48,54,56)/t33?,41-,42-. The Hall–Kier alpha value is -5.52. The van der Waals surface area contributed by atoms with E-state index in [1.165, 1.54) is 6.07 Å². The summed E-state index contributed by atoms with van der Waals surface area (Å²) in [5, 5.41) is 15.0. The molecule has 8 rings (SSSR count). The molecule has 308 valence electrons. The van der Waals surface area contributed by atoms with E-state index in [0.717, 1.165) is 49.6 Å². The Balaban J connectivity index is 0.822. The number of fused-ring (bicyclic) bond motifs is 1. The topological polar surface area (TPSA) is 155 Å². The normalized spacial score (nSPS) is 24.3. The van der Waals surface area contributed by atoms with Crippen molar-refractivity contribution in [3.8, 4) is 11.8 Å². The molecule has 0 radical (unpaired) electrons. The molecule has 2 N–H and O–H groups in total. The van der Waals surface area contributed by atoms with Crippen LogP contribution in [0.3, 0.4) is 0 Å². The summed E-state index contributed by atoms with van der Waals surface area (Å²) in [6.07, 6.45) is 1.41. The molecular weight excluding hydrogens is 777 g/mol. The third kappa shape index (κ3) is 7.08. The zero-order valence-electron chi connectivity index (χ0n) is 33.5.